The van der Waals surface area contributed by atoms with Gasteiger partial charge in [-0.05, 0) is 36.2 Å². The Morgan fingerprint density at radius 3 is 2.92 bits per heavy atom. The Morgan fingerprint density at radius 2 is 2.04 bits per heavy atom. The number of rotatable bonds is 3. The molecule has 1 aliphatic rings. The van der Waals surface area contributed by atoms with Crippen LogP contribution in [-0.4, -0.2) is 19.8 Å². The number of fused-ring (bicyclic) bond motifs is 4. The van der Waals surface area contributed by atoms with E-state index in [1.54, 1.807) is 18.7 Å². The third-order valence-corrected chi connectivity index (χ3v) is 5.31. The number of hydrogen-bond donors (Lipinski definition) is 2. The number of aromatic nitrogens is 2. The Kier molecular flexibility index (Phi) is 3.13. The van der Waals surface area contributed by atoms with Gasteiger partial charge in [0.05, 0.1) is 30.5 Å². The molecule has 2 N–H and O–H groups in total. The zero-order chi connectivity index (χ0) is 17.9. The van der Waals surface area contributed by atoms with Crippen molar-refractivity contribution in [2.75, 3.05) is 0 Å². The van der Waals surface area contributed by atoms with E-state index in [1.807, 2.05) is 54.1 Å². The largest absolute Gasteiger partial charge is 0.464 e. The molecule has 0 spiro atoms. The fourth-order valence-corrected chi connectivity index (χ4v) is 4.06. The van der Waals surface area contributed by atoms with Crippen LogP contribution in [0.2, 0.25) is 0 Å². The molecule has 0 amide bonds. The van der Waals surface area contributed by atoms with Gasteiger partial charge in [-0.2, -0.15) is 0 Å². The summed E-state index contributed by atoms with van der Waals surface area (Å²) in [4.78, 5) is 4.23. The number of hydrogen-bond acceptors (Lipinski definition) is 4. The van der Waals surface area contributed by atoms with Gasteiger partial charge in [-0.3, -0.25) is 0 Å². The maximum absolute atomic E-state index is 11.0. The molecule has 0 aliphatic carbocycles. The molecule has 26 heavy (non-hydrogen) atoms. The van der Waals surface area contributed by atoms with Crippen LogP contribution in [0.25, 0.3) is 22.2 Å². The highest BCUT2D eigenvalue weighted by molar-refractivity contribution is 5.79. The smallest absolute Gasteiger partial charge is 0.192 e. The minimum Gasteiger partial charge on any atom is -0.464 e. The van der Waals surface area contributed by atoms with Gasteiger partial charge in [-0.15, -0.1) is 0 Å². The number of aliphatic hydroxyl groups is 2. The van der Waals surface area contributed by atoms with E-state index in [0.717, 1.165) is 33.4 Å². The van der Waals surface area contributed by atoms with Crippen LogP contribution in [0.3, 0.4) is 0 Å². The standard InChI is InChI=1S/C21H18N2O3/c1-13-8-20-14(6-7-26-20)9-17(13)21(24,25)10-18-15-4-2-3-5-16(15)19-11-22-12-23(18)19/h2-9,11-12,18,24-25H,10H2,1H3. The highest BCUT2D eigenvalue weighted by Crippen LogP contribution is 2.44. The van der Waals surface area contributed by atoms with Crippen LogP contribution in [-0.2, 0) is 5.79 Å². The minimum absolute atomic E-state index is 0.136. The van der Waals surface area contributed by atoms with Crippen molar-refractivity contribution >= 4 is 11.0 Å². The van der Waals surface area contributed by atoms with Crippen LogP contribution < -0.4 is 0 Å². The second-order valence-electron chi connectivity index (χ2n) is 6.94. The van der Waals surface area contributed by atoms with Crippen molar-refractivity contribution in [1.82, 2.24) is 9.55 Å². The van der Waals surface area contributed by atoms with Gasteiger partial charge in [0.1, 0.15) is 5.58 Å². The molecule has 130 valence electrons. The van der Waals surface area contributed by atoms with Crippen LogP contribution >= 0.6 is 0 Å². The highest BCUT2D eigenvalue weighted by Gasteiger charge is 2.37. The Bertz CT molecular complexity index is 1120. The first kappa shape index (κ1) is 15.4. The first-order chi connectivity index (χ1) is 12.5. The van der Waals surface area contributed by atoms with E-state index < -0.39 is 5.79 Å². The summed E-state index contributed by atoms with van der Waals surface area (Å²) in [5.74, 6) is -1.97. The van der Waals surface area contributed by atoms with E-state index in [0.29, 0.717) is 5.56 Å². The van der Waals surface area contributed by atoms with Crippen molar-refractivity contribution in [3.63, 3.8) is 0 Å². The van der Waals surface area contributed by atoms with Gasteiger partial charge in [0.15, 0.2) is 5.79 Å². The lowest BCUT2D eigenvalue weighted by molar-refractivity contribution is -0.179. The maximum Gasteiger partial charge on any atom is 0.192 e. The molecule has 0 saturated heterocycles. The molecule has 2 aromatic heterocycles. The predicted molar refractivity (Wildman–Crippen MR) is 97.5 cm³/mol. The van der Waals surface area contributed by atoms with E-state index in [9.17, 15) is 10.2 Å². The van der Waals surface area contributed by atoms with Gasteiger partial charge in [-0.1, -0.05) is 24.3 Å². The number of imidazole rings is 1. The quantitative estimate of drug-likeness (QED) is 0.555. The lowest BCUT2D eigenvalue weighted by Crippen LogP contribution is -2.30. The summed E-state index contributed by atoms with van der Waals surface area (Å²) < 4.78 is 7.42. The van der Waals surface area contributed by atoms with E-state index in [-0.39, 0.29) is 12.5 Å². The second-order valence-corrected chi connectivity index (χ2v) is 6.94. The first-order valence-corrected chi connectivity index (χ1v) is 8.59. The van der Waals surface area contributed by atoms with Gasteiger partial charge in [0.2, 0.25) is 0 Å². The summed E-state index contributed by atoms with van der Waals surface area (Å²) in [6.07, 6.45) is 5.31. The van der Waals surface area contributed by atoms with Crippen molar-refractivity contribution in [2.45, 2.75) is 25.2 Å². The van der Waals surface area contributed by atoms with Gasteiger partial charge >= 0.3 is 0 Å². The average Bonchev–Trinajstić information content (AvgIpc) is 3.32. The first-order valence-electron chi connectivity index (χ1n) is 8.59. The summed E-state index contributed by atoms with van der Waals surface area (Å²) in [5.41, 5.74) is 5.20. The second kappa shape index (κ2) is 5.30. The summed E-state index contributed by atoms with van der Waals surface area (Å²) in [6, 6.07) is 13.3. The van der Waals surface area contributed by atoms with E-state index in [4.69, 9.17) is 4.42 Å². The fourth-order valence-electron chi connectivity index (χ4n) is 4.06. The van der Waals surface area contributed by atoms with Crippen molar-refractivity contribution in [3.8, 4) is 11.3 Å². The molecule has 5 rings (SSSR count). The molecule has 0 fully saturated rings. The van der Waals surface area contributed by atoms with Gasteiger partial charge in [0.25, 0.3) is 0 Å². The van der Waals surface area contributed by atoms with E-state index >= 15 is 0 Å². The van der Waals surface area contributed by atoms with E-state index in [1.165, 1.54) is 0 Å². The average molecular weight is 346 g/mol. The van der Waals surface area contributed by atoms with Crippen molar-refractivity contribution in [2.24, 2.45) is 0 Å². The molecule has 3 heterocycles. The normalized spacial score (nSPS) is 16.0. The molecule has 1 unspecified atom stereocenters. The zero-order valence-electron chi connectivity index (χ0n) is 14.3. The van der Waals surface area contributed by atoms with E-state index in [2.05, 4.69) is 4.98 Å². The zero-order valence-corrected chi connectivity index (χ0v) is 14.3. The summed E-state index contributed by atoms with van der Waals surface area (Å²) in [5, 5.41) is 22.9. The van der Waals surface area contributed by atoms with Gasteiger partial charge < -0.3 is 19.2 Å². The minimum atomic E-state index is -1.97. The molecule has 0 radical (unpaired) electrons. The summed E-state index contributed by atoms with van der Waals surface area (Å²) in [7, 11) is 0. The fraction of sp³-hybridized carbons (Fsp3) is 0.190. The summed E-state index contributed by atoms with van der Waals surface area (Å²) in [6.45, 7) is 1.86. The van der Waals surface area contributed by atoms with Crippen molar-refractivity contribution in [3.05, 3.63) is 77.9 Å². The number of nitrogens with zero attached hydrogens (tertiary/aromatic N) is 2. The summed E-state index contributed by atoms with van der Waals surface area (Å²) >= 11 is 0. The molecule has 4 aromatic rings. The SMILES string of the molecule is Cc1cc2occc2cc1C(O)(O)CC1c2ccccc2-c2cncn21. The topological polar surface area (TPSA) is 71.4 Å². The van der Waals surface area contributed by atoms with Gasteiger partial charge in [-0.25, -0.2) is 4.98 Å². The molecule has 5 heteroatoms. The van der Waals surface area contributed by atoms with Crippen LogP contribution in [0.1, 0.15) is 29.2 Å². The molecule has 0 bridgehead atoms. The lowest BCUT2D eigenvalue weighted by atomic mass is 9.90. The lowest BCUT2D eigenvalue weighted by Gasteiger charge is -2.28. The Balaban J connectivity index is 1.59. The monoisotopic (exact) mass is 346 g/mol. The van der Waals surface area contributed by atoms with Crippen LogP contribution in [0.15, 0.2) is 65.7 Å². The Morgan fingerprint density at radius 1 is 1.19 bits per heavy atom. The van der Waals surface area contributed by atoms with Crippen molar-refractivity contribution in [1.29, 1.82) is 0 Å². The maximum atomic E-state index is 11.0. The Hall–Kier alpha value is -2.89. The number of benzene rings is 2. The molecule has 1 atom stereocenters. The molecule has 2 aromatic carbocycles. The van der Waals surface area contributed by atoms with Crippen LogP contribution in [0.5, 0.6) is 0 Å². The highest BCUT2D eigenvalue weighted by atomic mass is 16.5. The molecule has 5 nitrogen and oxygen atoms in total. The molecule has 1 aliphatic heterocycles. The molecule has 0 saturated carbocycles. The molecular weight excluding hydrogens is 328 g/mol. The Labute approximate surface area is 150 Å². The molecular formula is C21H18N2O3. The third-order valence-electron chi connectivity index (χ3n) is 5.31. The van der Waals surface area contributed by atoms with Crippen LogP contribution in [0, 0.1) is 6.92 Å². The van der Waals surface area contributed by atoms with Crippen LogP contribution in [0.4, 0.5) is 0 Å². The number of furan rings is 1. The third kappa shape index (κ3) is 2.14. The van der Waals surface area contributed by atoms with Gasteiger partial charge in [0, 0.05) is 22.9 Å². The predicted octanol–water partition coefficient (Wildman–Crippen LogP) is 3.74. The van der Waals surface area contributed by atoms with Crippen molar-refractivity contribution < 1.29 is 14.6 Å². The number of aryl methyl sites for hydroxylation is 1.